The standard InChI is InChI=1S/C17H12ClIN4O3/c18-11-2-1-3-13(8-11)20-17(21-25)16-14(22-26-23-16)9-15(24)10-4-6-12(19)7-5-10/h1-8,25H,9H2,(H,20,21). The van der Waals surface area contributed by atoms with Crippen LogP contribution in [0.2, 0.25) is 5.02 Å². The fraction of sp³-hybridized carbons (Fsp3) is 0.0588. The SMILES string of the molecule is O=C(Cc1nonc1C(=Nc1cccc(Cl)c1)NO)c1ccc(I)cc1. The molecule has 0 aliphatic rings. The third-order valence-electron chi connectivity index (χ3n) is 3.43. The van der Waals surface area contributed by atoms with Gasteiger partial charge in [0.25, 0.3) is 0 Å². The average Bonchev–Trinajstić information content (AvgIpc) is 3.08. The third-order valence-corrected chi connectivity index (χ3v) is 4.38. The highest BCUT2D eigenvalue weighted by atomic mass is 127. The summed E-state index contributed by atoms with van der Waals surface area (Å²) in [5.74, 6) is -0.155. The van der Waals surface area contributed by atoms with Crippen molar-refractivity contribution >= 4 is 51.5 Å². The molecule has 0 spiro atoms. The van der Waals surface area contributed by atoms with Crippen molar-refractivity contribution in [3.8, 4) is 0 Å². The molecule has 7 nitrogen and oxygen atoms in total. The van der Waals surface area contributed by atoms with Crippen LogP contribution in [0, 0.1) is 3.57 Å². The van der Waals surface area contributed by atoms with E-state index in [1.54, 1.807) is 36.4 Å². The Kier molecular flexibility index (Phi) is 5.96. The summed E-state index contributed by atoms with van der Waals surface area (Å²) in [6.45, 7) is 0. The summed E-state index contributed by atoms with van der Waals surface area (Å²) in [5, 5.41) is 17.4. The van der Waals surface area contributed by atoms with E-state index >= 15 is 0 Å². The number of ketones is 1. The molecule has 3 rings (SSSR count). The fourth-order valence-corrected chi connectivity index (χ4v) is 2.74. The highest BCUT2D eigenvalue weighted by Gasteiger charge is 2.20. The Labute approximate surface area is 167 Å². The minimum atomic E-state index is -0.154. The highest BCUT2D eigenvalue weighted by molar-refractivity contribution is 14.1. The highest BCUT2D eigenvalue weighted by Crippen LogP contribution is 2.19. The molecule has 26 heavy (non-hydrogen) atoms. The minimum absolute atomic E-state index is 0.000994. The van der Waals surface area contributed by atoms with Crippen LogP contribution in [0.3, 0.4) is 0 Å². The van der Waals surface area contributed by atoms with Crippen molar-refractivity contribution < 1.29 is 14.6 Å². The van der Waals surface area contributed by atoms with Crippen molar-refractivity contribution in [1.82, 2.24) is 15.8 Å². The van der Waals surface area contributed by atoms with Crippen LogP contribution in [-0.2, 0) is 6.42 Å². The van der Waals surface area contributed by atoms with Gasteiger partial charge in [-0.1, -0.05) is 35.0 Å². The van der Waals surface area contributed by atoms with E-state index in [1.165, 1.54) is 0 Å². The van der Waals surface area contributed by atoms with Crippen LogP contribution in [0.4, 0.5) is 5.69 Å². The van der Waals surface area contributed by atoms with Crippen molar-refractivity contribution in [3.63, 3.8) is 0 Å². The van der Waals surface area contributed by atoms with Gasteiger partial charge in [-0.15, -0.1) is 0 Å². The Bertz CT molecular complexity index is 957. The Morgan fingerprint density at radius 1 is 1.23 bits per heavy atom. The molecular formula is C17H12ClIN4O3. The number of halogens is 2. The first-order valence-electron chi connectivity index (χ1n) is 7.42. The van der Waals surface area contributed by atoms with Gasteiger partial charge < -0.3 is 0 Å². The Morgan fingerprint density at radius 2 is 2.00 bits per heavy atom. The van der Waals surface area contributed by atoms with E-state index in [9.17, 15) is 10.0 Å². The van der Waals surface area contributed by atoms with Crippen molar-refractivity contribution in [2.24, 2.45) is 4.99 Å². The van der Waals surface area contributed by atoms with Gasteiger partial charge in [-0.3, -0.25) is 15.5 Å². The number of Topliss-reactive ketones (excluding diaryl/α,β-unsaturated/α-hetero) is 1. The number of aromatic nitrogens is 2. The number of hydroxylamine groups is 1. The number of hydrogen-bond acceptors (Lipinski definition) is 6. The Balaban J connectivity index is 1.86. The molecular weight excluding hydrogens is 471 g/mol. The van der Waals surface area contributed by atoms with E-state index in [1.807, 2.05) is 17.6 Å². The second-order valence-corrected chi connectivity index (χ2v) is 6.90. The van der Waals surface area contributed by atoms with Crippen molar-refractivity contribution in [2.45, 2.75) is 6.42 Å². The molecule has 1 aromatic heterocycles. The quantitative estimate of drug-likeness (QED) is 0.189. The minimum Gasteiger partial charge on any atom is -0.294 e. The number of carbonyl (C=O) groups excluding carboxylic acids is 1. The van der Waals surface area contributed by atoms with Gasteiger partial charge in [-0.25, -0.2) is 9.62 Å². The Morgan fingerprint density at radius 3 is 2.69 bits per heavy atom. The molecule has 132 valence electrons. The molecule has 9 heteroatoms. The van der Waals surface area contributed by atoms with Gasteiger partial charge in [0.05, 0.1) is 12.1 Å². The number of benzene rings is 2. The van der Waals surface area contributed by atoms with Gasteiger partial charge in [0.1, 0.15) is 5.69 Å². The maximum absolute atomic E-state index is 12.4. The van der Waals surface area contributed by atoms with Crippen LogP contribution in [0.15, 0.2) is 58.2 Å². The lowest BCUT2D eigenvalue weighted by Gasteiger charge is -2.04. The molecule has 0 aliphatic carbocycles. The third kappa shape index (κ3) is 4.45. The molecule has 3 aromatic rings. The van der Waals surface area contributed by atoms with Gasteiger partial charge in [-0.05, 0) is 58.1 Å². The van der Waals surface area contributed by atoms with Crippen molar-refractivity contribution in [2.75, 3.05) is 0 Å². The first-order valence-corrected chi connectivity index (χ1v) is 8.87. The number of aliphatic imine (C=N–C) groups is 1. The zero-order chi connectivity index (χ0) is 18.5. The number of amidine groups is 1. The number of rotatable bonds is 5. The molecule has 0 fully saturated rings. The molecule has 2 N–H and O–H groups in total. The molecule has 0 saturated heterocycles. The largest absolute Gasteiger partial charge is 0.294 e. The lowest BCUT2D eigenvalue weighted by Crippen LogP contribution is -2.22. The summed E-state index contributed by atoms with van der Waals surface area (Å²) in [7, 11) is 0. The van der Waals surface area contributed by atoms with Gasteiger partial charge in [0, 0.05) is 14.2 Å². The van der Waals surface area contributed by atoms with Gasteiger partial charge in [-0.2, -0.15) is 0 Å². The van der Waals surface area contributed by atoms with E-state index in [4.69, 9.17) is 16.2 Å². The normalized spacial score (nSPS) is 11.4. The Hall–Kier alpha value is -2.30. The summed E-state index contributed by atoms with van der Waals surface area (Å²) in [4.78, 5) is 16.7. The predicted molar refractivity (Wildman–Crippen MR) is 104 cm³/mol. The first-order chi connectivity index (χ1) is 12.6. The van der Waals surface area contributed by atoms with E-state index in [2.05, 4.69) is 37.9 Å². The second-order valence-electron chi connectivity index (χ2n) is 5.22. The molecule has 0 aliphatic heterocycles. The first kappa shape index (κ1) is 18.5. The zero-order valence-electron chi connectivity index (χ0n) is 13.2. The smallest absolute Gasteiger partial charge is 0.182 e. The van der Waals surface area contributed by atoms with E-state index in [-0.39, 0.29) is 29.4 Å². The lowest BCUT2D eigenvalue weighted by molar-refractivity contribution is 0.0990. The molecule has 1 heterocycles. The molecule has 0 unspecified atom stereocenters. The molecule has 2 aromatic carbocycles. The van der Waals surface area contributed by atoms with E-state index in [0.717, 1.165) is 3.57 Å². The van der Waals surface area contributed by atoms with Gasteiger partial charge in [0.15, 0.2) is 17.3 Å². The summed E-state index contributed by atoms with van der Waals surface area (Å²) in [6.07, 6.45) is -0.0460. The number of nitrogens with zero attached hydrogens (tertiary/aromatic N) is 3. The summed E-state index contributed by atoms with van der Waals surface area (Å²) < 4.78 is 5.77. The molecule has 0 atom stereocenters. The van der Waals surface area contributed by atoms with Crippen LogP contribution < -0.4 is 5.48 Å². The molecule has 0 saturated carbocycles. The maximum atomic E-state index is 12.4. The lowest BCUT2D eigenvalue weighted by atomic mass is 10.1. The second kappa shape index (κ2) is 8.39. The van der Waals surface area contributed by atoms with Crippen LogP contribution in [0.25, 0.3) is 0 Å². The van der Waals surface area contributed by atoms with Crippen LogP contribution in [0.1, 0.15) is 21.7 Å². The summed E-state index contributed by atoms with van der Waals surface area (Å²) in [6, 6.07) is 13.9. The number of hydrogen-bond donors (Lipinski definition) is 2. The van der Waals surface area contributed by atoms with Crippen LogP contribution in [0.5, 0.6) is 0 Å². The van der Waals surface area contributed by atoms with E-state index in [0.29, 0.717) is 16.3 Å². The topological polar surface area (TPSA) is 101 Å². The molecule has 0 amide bonds. The summed E-state index contributed by atoms with van der Waals surface area (Å²) >= 11 is 8.10. The van der Waals surface area contributed by atoms with E-state index < -0.39 is 0 Å². The van der Waals surface area contributed by atoms with Crippen LogP contribution >= 0.6 is 34.2 Å². The maximum Gasteiger partial charge on any atom is 0.182 e. The van der Waals surface area contributed by atoms with Crippen molar-refractivity contribution in [3.05, 3.63) is 74.1 Å². The number of nitrogens with one attached hydrogen (secondary N) is 1. The predicted octanol–water partition coefficient (Wildman–Crippen LogP) is 3.81. The van der Waals surface area contributed by atoms with Gasteiger partial charge in [0.2, 0.25) is 0 Å². The van der Waals surface area contributed by atoms with Crippen LogP contribution in [-0.4, -0.2) is 27.1 Å². The number of carbonyl (C=O) groups is 1. The molecule has 0 radical (unpaired) electrons. The fourth-order valence-electron chi connectivity index (χ4n) is 2.20. The average molecular weight is 483 g/mol. The summed E-state index contributed by atoms with van der Waals surface area (Å²) in [5.41, 5.74) is 3.41. The van der Waals surface area contributed by atoms with Crippen molar-refractivity contribution in [1.29, 1.82) is 0 Å². The monoisotopic (exact) mass is 482 g/mol. The zero-order valence-corrected chi connectivity index (χ0v) is 16.1. The molecule has 0 bridgehead atoms. The van der Waals surface area contributed by atoms with Gasteiger partial charge >= 0.3 is 0 Å².